The van der Waals surface area contributed by atoms with Gasteiger partial charge < -0.3 is 4.84 Å². The summed E-state index contributed by atoms with van der Waals surface area (Å²) in [6, 6.07) is 0. The zero-order valence-electron chi connectivity index (χ0n) is 4.14. The van der Waals surface area contributed by atoms with E-state index in [0.717, 1.165) is 0 Å². The molecule has 0 aliphatic heterocycles. The van der Waals surface area contributed by atoms with Gasteiger partial charge in [-0.25, -0.2) is 0 Å². The molecule has 0 amide bonds. The number of hydrogen-bond acceptors (Lipinski definition) is 2. The molecule has 0 radical (unpaired) electrons. The minimum Gasteiger partial charge on any atom is -0.394 e. The van der Waals surface area contributed by atoms with Crippen molar-refractivity contribution in [3.63, 3.8) is 0 Å². The van der Waals surface area contributed by atoms with Gasteiger partial charge in [-0.1, -0.05) is 0 Å². The summed E-state index contributed by atoms with van der Waals surface area (Å²) in [6.45, 7) is 6.92. The van der Waals surface area contributed by atoms with Crippen LogP contribution in [0.15, 0.2) is 5.16 Å². The summed E-state index contributed by atoms with van der Waals surface area (Å²) in [5.74, 6) is 0. The Morgan fingerprint density at radius 1 is 1.67 bits per heavy atom. The smallest absolute Gasteiger partial charge is 0.121 e. The van der Waals surface area contributed by atoms with Crippen LogP contribution in [-0.4, -0.2) is 12.8 Å². The fourth-order valence-corrected chi connectivity index (χ4v) is 0.149. The maximum Gasteiger partial charge on any atom is 0.121 e. The van der Waals surface area contributed by atoms with E-state index in [-0.39, 0.29) is 6.10 Å². The van der Waals surface area contributed by atoms with Crippen LogP contribution in [0.3, 0.4) is 0 Å². The van der Waals surface area contributed by atoms with E-state index in [4.69, 9.17) is 0 Å². The molecule has 2 nitrogen and oxygen atoms in total. The van der Waals surface area contributed by atoms with Crippen LogP contribution in [0.1, 0.15) is 13.8 Å². The van der Waals surface area contributed by atoms with Crippen LogP contribution in [0.5, 0.6) is 0 Å². The molecule has 0 aliphatic rings. The Bertz CT molecular complexity index is 42.8. The predicted molar refractivity (Wildman–Crippen MR) is 25.8 cm³/mol. The van der Waals surface area contributed by atoms with E-state index in [1.54, 1.807) is 0 Å². The number of rotatable bonds is 2. The summed E-state index contributed by atoms with van der Waals surface area (Å²) >= 11 is 0. The molecule has 0 N–H and O–H groups in total. The second-order valence-electron chi connectivity index (χ2n) is 1.28. The molecule has 0 atom stereocenters. The topological polar surface area (TPSA) is 21.6 Å². The van der Waals surface area contributed by atoms with Gasteiger partial charge in [-0.3, -0.25) is 0 Å². The van der Waals surface area contributed by atoms with Crippen molar-refractivity contribution < 1.29 is 4.84 Å². The van der Waals surface area contributed by atoms with Crippen molar-refractivity contribution in [1.82, 2.24) is 0 Å². The van der Waals surface area contributed by atoms with Crippen molar-refractivity contribution in [2.45, 2.75) is 20.0 Å². The molecule has 0 aromatic heterocycles. The minimum atomic E-state index is 0.169. The molecule has 0 spiro atoms. The standard InChI is InChI=1S/C4H9NO/c1-4(2)6-5-3/h4H,3H2,1-2H3. The molecule has 36 valence electrons. The normalized spacial score (nSPS) is 8.50. The lowest BCUT2D eigenvalue weighted by Gasteiger charge is -1.96. The zero-order valence-corrected chi connectivity index (χ0v) is 4.14. The summed E-state index contributed by atoms with van der Waals surface area (Å²) in [4.78, 5) is 4.56. The van der Waals surface area contributed by atoms with Crippen LogP contribution >= 0.6 is 0 Å². The zero-order chi connectivity index (χ0) is 4.99. The first-order chi connectivity index (χ1) is 2.77. The first-order valence-corrected chi connectivity index (χ1v) is 1.89. The van der Waals surface area contributed by atoms with E-state index in [9.17, 15) is 0 Å². The van der Waals surface area contributed by atoms with E-state index in [2.05, 4.69) is 16.7 Å². The predicted octanol–water partition coefficient (Wildman–Crippen LogP) is 1.03. The van der Waals surface area contributed by atoms with Gasteiger partial charge in [0.2, 0.25) is 0 Å². The first kappa shape index (κ1) is 5.47. The van der Waals surface area contributed by atoms with Gasteiger partial charge in [0, 0.05) is 6.72 Å². The Morgan fingerprint density at radius 3 is 2.17 bits per heavy atom. The van der Waals surface area contributed by atoms with Crippen LogP contribution in [0.4, 0.5) is 0 Å². The van der Waals surface area contributed by atoms with E-state index in [0.29, 0.717) is 0 Å². The third-order valence-corrected chi connectivity index (χ3v) is 0.285. The first-order valence-electron chi connectivity index (χ1n) is 1.89. The van der Waals surface area contributed by atoms with Gasteiger partial charge in [-0.05, 0) is 13.8 Å². The molecule has 0 saturated carbocycles. The lowest BCUT2D eigenvalue weighted by atomic mass is 10.5. The number of nitrogens with zero attached hydrogens (tertiary/aromatic N) is 1. The fraction of sp³-hybridized carbons (Fsp3) is 0.750. The Hall–Kier alpha value is -0.530. The van der Waals surface area contributed by atoms with Crippen molar-refractivity contribution in [2.75, 3.05) is 0 Å². The van der Waals surface area contributed by atoms with Crippen LogP contribution in [0.25, 0.3) is 0 Å². The maximum absolute atomic E-state index is 4.56. The minimum absolute atomic E-state index is 0.169. The third-order valence-electron chi connectivity index (χ3n) is 0.285. The van der Waals surface area contributed by atoms with Gasteiger partial charge in [-0.15, -0.1) is 5.16 Å². The Labute approximate surface area is 37.8 Å². The highest BCUT2D eigenvalue weighted by molar-refractivity contribution is 5.21. The number of hydrogen-bond donors (Lipinski definition) is 0. The molecular weight excluding hydrogens is 78.0 g/mol. The molecule has 0 fully saturated rings. The maximum atomic E-state index is 4.56. The van der Waals surface area contributed by atoms with Gasteiger partial charge in [0.25, 0.3) is 0 Å². The third kappa shape index (κ3) is 3.47. The van der Waals surface area contributed by atoms with Crippen molar-refractivity contribution in [1.29, 1.82) is 0 Å². The van der Waals surface area contributed by atoms with Crippen LogP contribution < -0.4 is 0 Å². The summed E-state index contributed by atoms with van der Waals surface area (Å²) in [5.41, 5.74) is 0. The quantitative estimate of drug-likeness (QED) is 0.364. The molecule has 6 heavy (non-hydrogen) atoms. The van der Waals surface area contributed by atoms with Crippen molar-refractivity contribution in [2.24, 2.45) is 5.16 Å². The lowest BCUT2D eigenvalue weighted by Crippen LogP contribution is -1.93. The lowest BCUT2D eigenvalue weighted by molar-refractivity contribution is 0.0883. The monoisotopic (exact) mass is 87.1 g/mol. The fourth-order valence-electron chi connectivity index (χ4n) is 0.149. The highest BCUT2D eigenvalue weighted by atomic mass is 16.6. The van der Waals surface area contributed by atoms with Gasteiger partial charge >= 0.3 is 0 Å². The van der Waals surface area contributed by atoms with E-state index >= 15 is 0 Å². The second-order valence-corrected chi connectivity index (χ2v) is 1.28. The van der Waals surface area contributed by atoms with E-state index in [1.165, 1.54) is 0 Å². The van der Waals surface area contributed by atoms with Crippen molar-refractivity contribution in [3.8, 4) is 0 Å². The molecule has 0 rings (SSSR count). The second kappa shape index (κ2) is 2.69. The average Bonchev–Trinajstić information content (AvgIpc) is 1.35. The molecular formula is C4H9NO. The van der Waals surface area contributed by atoms with Gasteiger partial charge in [-0.2, -0.15) is 0 Å². The summed E-state index contributed by atoms with van der Waals surface area (Å²) < 4.78 is 0. The van der Waals surface area contributed by atoms with Gasteiger partial charge in [0.15, 0.2) is 0 Å². The highest BCUT2D eigenvalue weighted by Gasteiger charge is 1.83. The van der Waals surface area contributed by atoms with Gasteiger partial charge in [0.1, 0.15) is 6.10 Å². The molecule has 2 heteroatoms. The Balaban J connectivity index is 2.81. The molecule has 0 bridgehead atoms. The molecule has 0 unspecified atom stereocenters. The van der Waals surface area contributed by atoms with E-state index < -0.39 is 0 Å². The highest BCUT2D eigenvalue weighted by Crippen LogP contribution is 1.83. The molecule has 0 aliphatic carbocycles. The summed E-state index contributed by atoms with van der Waals surface area (Å²) in [6.07, 6.45) is 0.169. The van der Waals surface area contributed by atoms with Crippen molar-refractivity contribution >= 4 is 6.72 Å². The van der Waals surface area contributed by atoms with E-state index in [1.807, 2.05) is 13.8 Å². The Kier molecular flexibility index (Phi) is 2.46. The molecule has 0 saturated heterocycles. The van der Waals surface area contributed by atoms with Gasteiger partial charge in [0.05, 0.1) is 0 Å². The van der Waals surface area contributed by atoms with Crippen molar-refractivity contribution in [3.05, 3.63) is 0 Å². The molecule has 0 aromatic rings. The summed E-state index contributed by atoms with van der Waals surface area (Å²) in [7, 11) is 0. The molecule has 0 aromatic carbocycles. The van der Waals surface area contributed by atoms with Crippen LogP contribution in [0.2, 0.25) is 0 Å². The SMILES string of the molecule is C=NOC(C)C. The van der Waals surface area contributed by atoms with Crippen LogP contribution in [-0.2, 0) is 4.84 Å². The average molecular weight is 87.1 g/mol. The molecule has 0 heterocycles. The Morgan fingerprint density at radius 2 is 2.17 bits per heavy atom. The number of oxime groups is 1. The van der Waals surface area contributed by atoms with Crippen LogP contribution in [0, 0.1) is 0 Å². The largest absolute Gasteiger partial charge is 0.394 e. The summed E-state index contributed by atoms with van der Waals surface area (Å²) in [5, 5.41) is 3.19.